The van der Waals surface area contributed by atoms with Crippen LogP contribution in [0.5, 0.6) is 0 Å². The molecule has 0 spiro atoms. The first-order valence-corrected chi connectivity index (χ1v) is 7.30. The van der Waals surface area contributed by atoms with Gasteiger partial charge in [0.1, 0.15) is 6.04 Å². The second-order valence-electron chi connectivity index (χ2n) is 4.21. The van der Waals surface area contributed by atoms with Gasteiger partial charge in [-0.15, -0.1) is 0 Å². The number of fused-ring (bicyclic) bond motifs is 1. The Balaban J connectivity index is 2.50. The van der Waals surface area contributed by atoms with Gasteiger partial charge in [-0.2, -0.15) is 5.26 Å². The van der Waals surface area contributed by atoms with E-state index in [9.17, 15) is 13.2 Å². The summed E-state index contributed by atoms with van der Waals surface area (Å²) in [5.41, 5.74) is 1.13. The van der Waals surface area contributed by atoms with E-state index in [-0.39, 0.29) is 17.2 Å². The molecule has 19 heavy (non-hydrogen) atoms. The van der Waals surface area contributed by atoms with E-state index >= 15 is 0 Å². The third-order valence-electron chi connectivity index (χ3n) is 3.17. The molecule has 6 nitrogen and oxygen atoms in total. The summed E-state index contributed by atoms with van der Waals surface area (Å²) in [6.45, 7) is 1.58. The van der Waals surface area contributed by atoms with Crippen LogP contribution in [0.25, 0.3) is 0 Å². The lowest BCUT2D eigenvalue weighted by Crippen LogP contribution is -2.26. The average molecular weight is 280 g/mol. The molecule has 0 fully saturated rings. The predicted molar refractivity (Wildman–Crippen MR) is 66.1 cm³/mol. The fourth-order valence-corrected chi connectivity index (χ4v) is 3.04. The highest BCUT2D eigenvalue weighted by molar-refractivity contribution is 7.91. The Hall–Kier alpha value is -2.07. The summed E-state index contributed by atoms with van der Waals surface area (Å²) in [5, 5.41) is 18.1. The first-order valence-electron chi connectivity index (χ1n) is 5.65. The van der Waals surface area contributed by atoms with Crippen molar-refractivity contribution in [3.8, 4) is 6.07 Å². The summed E-state index contributed by atoms with van der Waals surface area (Å²) in [4.78, 5) is 12.2. The first kappa shape index (κ1) is 13.4. The highest BCUT2D eigenvalue weighted by Gasteiger charge is 2.34. The maximum absolute atomic E-state index is 11.8. The highest BCUT2D eigenvalue weighted by Crippen LogP contribution is 2.34. The topological polar surface area (TPSA) is 98.5 Å². The third kappa shape index (κ3) is 2.15. The van der Waals surface area contributed by atoms with E-state index < -0.39 is 22.0 Å². The summed E-state index contributed by atoms with van der Waals surface area (Å²) in [6.07, 6.45) is -1.19. The molecule has 1 unspecified atom stereocenters. The summed E-state index contributed by atoms with van der Waals surface area (Å²) in [5.74, 6) is -0.0177. The lowest BCUT2D eigenvalue weighted by Gasteiger charge is -2.14. The molecule has 1 aliphatic rings. The maximum Gasteiger partial charge on any atom is 0.408 e. The molecular weight excluding hydrogens is 268 g/mol. The van der Waals surface area contributed by atoms with Gasteiger partial charge in [0.25, 0.3) is 0 Å². The van der Waals surface area contributed by atoms with E-state index in [1.54, 1.807) is 6.92 Å². The summed E-state index contributed by atoms with van der Waals surface area (Å²) >= 11 is 0. The monoisotopic (exact) mass is 280 g/mol. The Morgan fingerprint density at radius 1 is 1.58 bits per heavy atom. The Kier molecular flexibility index (Phi) is 3.20. The van der Waals surface area contributed by atoms with Gasteiger partial charge in [-0.25, -0.2) is 13.2 Å². The second kappa shape index (κ2) is 4.55. The number of amides is 1. The molecule has 0 radical (unpaired) electrons. The van der Waals surface area contributed by atoms with E-state index in [4.69, 9.17) is 10.4 Å². The molecule has 1 atom stereocenters. The van der Waals surface area contributed by atoms with Crippen LogP contribution < -0.4 is 0 Å². The van der Waals surface area contributed by atoms with Crippen LogP contribution in [0.3, 0.4) is 0 Å². The molecule has 1 aromatic rings. The molecule has 1 aliphatic heterocycles. The Morgan fingerprint density at radius 3 is 2.79 bits per heavy atom. The number of hydrogen-bond donors (Lipinski definition) is 1. The number of rotatable bonds is 2. The Morgan fingerprint density at radius 2 is 2.26 bits per heavy atom. The number of nitriles is 1. The first-order chi connectivity index (χ1) is 8.90. The second-order valence-corrected chi connectivity index (χ2v) is 6.48. The van der Waals surface area contributed by atoms with Crippen molar-refractivity contribution in [2.45, 2.75) is 24.4 Å². The molecule has 100 valence electrons. The molecule has 0 bridgehead atoms. The van der Waals surface area contributed by atoms with Crippen molar-refractivity contribution in [1.82, 2.24) is 4.90 Å². The lowest BCUT2D eigenvalue weighted by molar-refractivity contribution is 0.138. The standard InChI is InChI=1S/C12H12N2O4S/c1-2-19(17,18)9-3-4-10-8(5-9)7-14(12(15)16)11(10)6-13/h3-5,11H,2,7H2,1H3,(H,15,16). The predicted octanol–water partition coefficient (Wildman–Crippen LogP) is 1.54. The van der Waals surface area contributed by atoms with Gasteiger partial charge in [-0.05, 0) is 23.3 Å². The quantitative estimate of drug-likeness (QED) is 0.885. The van der Waals surface area contributed by atoms with E-state index in [1.807, 2.05) is 6.07 Å². The molecule has 0 saturated carbocycles. The summed E-state index contributed by atoms with van der Waals surface area (Å²) in [7, 11) is -3.33. The minimum atomic E-state index is -3.33. The fraction of sp³-hybridized carbons (Fsp3) is 0.333. The van der Waals surface area contributed by atoms with Crippen molar-refractivity contribution in [2.24, 2.45) is 0 Å². The van der Waals surface area contributed by atoms with Gasteiger partial charge in [0, 0.05) is 0 Å². The molecule has 1 N–H and O–H groups in total. The van der Waals surface area contributed by atoms with Crippen molar-refractivity contribution >= 4 is 15.9 Å². The van der Waals surface area contributed by atoms with Crippen LogP contribution in [0.1, 0.15) is 24.1 Å². The molecule has 7 heteroatoms. The number of carboxylic acid groups (broad SMARTS) is 1. The average Bonchev–Trinajstić information content (AvgIpc) is 2.76. The van der Waals surface area contributed by atoms with Gasteiger partial charge in [0.2, 0.25) is 0 Å². The zero-order valence-electron chi connectivity index (χ0n) is 10.2. The zero-order chi connectivity index (χ0) is 14.2. The maximum atomic E-state index is 11.8. The van der Waals surface area contributed by atoms with Gasteiger partial charge < -0.3 is 5.11 Å². The van der Waals surface area contributed by atoms with Gasteiger partial charge >= 0.3 is 6.09 Å². The molecule has 0 aromatic heterocycles. The van der Waals surface area contributed by atoms with E-state index in [2.05, 4.69) is 0 Å². The normalized spacial score (nSPS) is 17.9. The third-order valence-corrected chi connectivity index (χ3v) is 4.90. The Bertz CT molecular complexity index is 675. The van der Waals surface area contributed by atoms with Crippen molar-refractivity contribution in [3.05, 3.63) is 29.3 Å². The highest BCUT2D eigenvalue weighted by atomic mass is 32.2. The Labute approximate surface area is 110 Å². The van der Waals surface area contributed by atoms with Gasteiger partial charge in [0.15, 0.2) is 9.84 Å². The van der Waals surface area contributed by atoms with E-state index in [0.29, 0.717) is 11.1 Å². The van der Waals surface area contributed by atoms with Crippen LogP contribution in [0.2, 0.25) is 0 Å². The van der Waals surface area contributed by atoms with Crippen LogP contribution in [-0.4, -0.2) is 30.3 Å². The number of carbonyl (C=O) groups is 1. The van der Waals surface area contributed by atoms with Crippen LogP contribution in [0.4, 0.5) is 4.79 Å². The zero-order valence-corrected chi connectivity index (χ0v) is 11.0. The van der Waals surface area contributed by atoms with Crippen LogP contribution in [-0.2, 0) is 16.4 Å². The molecule has 0 saturated heterocycles. The van der Waals surface area contributed by atoms with E-state index in [0.717, 1.165) is 4.90 Å². The minimum absolute atomic E-state index is 0.0177. The smallest absolute Gasteiger partial charge is 0.408 e. The number of hydrogen-bond acceptors (Lipinski definition) is 4. The number of nitrogens with zero attached hydrogens (tertiary/aromatic N) is 2. The summed E-state index contributed by atoms with van der Waals surface area (Å²) < 4.78 is 23.5. The number of benzene rings is 1. The van der Waals surface area contributed by atoms with Crippen molar-refractivity contribution < 1.29 is 18.3 Å². The molecule has 1 heterocycles. The molecular formula is C12H12N2O4S. The van der Waals surface area contributed by atoms with Crippen LogP contribution in [0, 0.1) is 11.3 Å². The SMILES string of the molecule is CCS(=O)(=O)c1ccc2c(c1)CN(C(=O)O)C2C#N. The van der Waals surface area contributed by atoms with Gasteiger partial charge in [-0.3, -0.25) is 4.90 Å². The number of sulfone groups is 1. The largest absolute Gasteiger partial charge is 0.465 e. The molecule has 1 amide bonds. The lowest BCUT2D eigenvalue weighted by atomic mass is 10.1. The van der Waals surface area contributed by atoms with Gasteiger partial charge in [-0.1, -0.05) is 13.0 Å². The molecule has 0 aliphatic carbocycles. The van der Waals surface area contributed by atoms with E-state index in [1.165, 1.54) is 18.2 Å². The molecule has 2 rings (SSSR count). The molecule has 1 aromatic carbocycles. The van der Waals surface area contributed by atoms with Crippen molar-refractivity contribution in [3.63, 3.8) is 0 Å². The summed E-state index contributed by atoms with van der Waals surface area (Å²) in [6, 6.07) is 5.46. The van der Waals surface area contributed by atoms with Crippen LogP contribution >= 0.6 is 0 Å². The fourth-order valence-electron chi connectivity index (χ4n) is 2.11. The van der Waals surface area contributed by atoms with Crippen molar-refractivity contribution in [1.29, 1.82) is 5.26 Å². The van der Waals surface area contributed by atoms with Gasteiger partial charge in [0.05, 0.1) is 23.3 Å². The van der Waals surface area contributed by atoms with Crippen molar-refractivity contribution in [2.75, 3.05) is 5.75 Å². The minimum Gasteiger partial charge on any atom is -0.465 e. The van der Waals surface area contributed by atoms with Crippen LogP contribution in [0.15, 0.2) is 23.1 Å².